The molecule has 1 rings (SSSR count). The second kappa shape index (κ2) is 3.82. The van der Waals surface area contributed by atoms with Crippen molar-refractivity contribution in [2.24, 2.45) is 5.73 Å². The van der Waals surface area contributed by atoms with Crippen LogP contribution in [0.1, 0.15) is 5.69 Å². The van der Waals surface area contributed by atoms with Crippen LogP contribution in [0.25, 0.3) is 0 Å². The molecule has 1 aromatic rings. The number of nitrogens with one attached hydrogen (secondary N) is 1. The highest BCUT2D eigenvalue weighted by Crippen LogP contribution is 2.02. The van der Waals surface area contributed by atoms with E-state index in [4.69, 9.17) is 5.73 Å². The molecule has 4 heteroatoms. The van der Waals surface area contributed by atoms with Gasteiger partial charge in [0.15, 0.2) is 0 Å². The SMILES string of the molecule is Cc1cccc(NC(=O)CN)n1. The number of anilines is 1. The third-order valence-corrected chi connectivity index (χ3v) is 1.34. The van der Waals surface area contributed by atoms with Gasteiger partial charge >= 0.3 is 0 Å². The van der Waals surface area contributed by atoms with Crippen LogP contribution in [-0.4, -0.2) is 17.4 Å². The standard InChI is InChI=1S/C8H11N3O/c1-6-3-2-4-7(10-6)11-8(12)5-9/h2-4H,5,9H2,1H3,(H,10,11,12). The van der Waals surface area contributed by atoms with Gasteiger partial charge in [0.25, 0.3) is 0 Å². The van der Waals surface area contributed by atoms with Crippen LogP contribution in [0, 0.1) is 6.92 Å². The Bertz CT molecular complexity index is 285. The first kappa shape index (κ1) is 8.67. The Hall–Kier alpha value is -1.42. The summed E-state index contributed by atoms with van der Waals surface area (Å²) in [5, 5.41) is 2.56. The highest BCUT2D eigenvalue weighted by Gasteiger charge is 1.98. The number of carbonyl (C=O) groups is 1. The Morgan fingerprint density at radius 1 is 1.67 bits per heavy atom. The van der Waals surface area contributed by atoms with Gasteiger partial charge in [0.05, 0.1) is 6.54 Å². The number of rotatable bonds is 2. The number of hydrogen-bond donors (Lipinski definition) is 2. The van der Waals surface area contributed by atoms with E-state index < -0.39 is 0 Å². The Labute approximate surface area is 70.8 Å². The maximum atomic E-state index is 10.8. The molecule has 0 aromatic carbocycles. The van der Waals surface area contributed by atoms with Gasteiger partial charge in [0, 0.05) is 5.69 Å². The van der Waals surface area contributed by atoms with Crippen LogP contribution < -0.4 is 11.1 Å². The molecule has 0 aliphatic heterocycles. The van der Waals surface area contributed by atoms with Crippen molar-refractivity contribution in [1.82, 2.24) is 4.98 Å². The Morgan fingerprint density at radius 3 is 3.00 bits per heavy atom. The Balaban J connectivity index is 2.69. The van der Waals surface area contributed by atoms with Gasteiger partial charge < -0.3 is 11.1 Å². The van der Waals surface area contributed by atoms with Gasteiger partial charge in [-0.1, -0.05) is 6.07 Å². The van der Waals surface area contributed by atoms with E-state index in [-0.39, 0.29) is 12.5 Å². The zero-order valence-electron chi connectivity index (χ0n) is 6.87. The third kappa shape index (κ3) is 2.32. The minimum absolute atomic E-state index is 0.0182. The van der Waals surface area contributed by atoms with Crippen molar-refractivity contribution in [1.29, 1.82) is 0 Å². The molecular formula is C8H11N3O. The average molecular weight is 165 g/mol. The summed E-state index contributed by atoms with van der Waals surface area (Å²) in [7, 11) is 0. The molecule has 1 aromatic heterocycles. The summed E-state index contributed by atoms with van der Waals surface area (Å²) in [6.07, 6.45) is 0. The van der Waals surface area contributed by atoms with Crippen molar-refractivity contribution in [2.45, 2.75) is 6.92 Å². The zero-order chi connectivity index (χ0) is 8.97. The second-order valence-corrected chi connectivity index (χ2v) is 2.42. The zero-order valence-corrected chi connectivity index (χ0v) is 6.87. The topological polar surface area (TPSA) is 68.0 Å². The molecule has 0 aliphatic rings. The molecule has 0 unspecified atom stereocenters. The molecule has 0 aliphatic carbocycles. The summed E-state index contributed by atoms with van der Waals surface area (Å²) in [6, 6.07) is 5.41. The molecule has 0 fully saturated rings. The number of carbonyl (C=O) groups excluding carboxylic acids is 1. The van der Waals surface area contributed by atoms with Gasteiger partial charge in [0.2, 0.25) is 5.91 Å². The number of pyridine rings is 1. The highest BCUT2D eigenvalue weighted by molar-refractivity contribution is 5.91. The average Bonchev–Trinajstić information content (AvgIpc) is 2.04. The van der Waals surface area contributed by atoms with E-state index in [1.807, 2.05) is 19.1 Å². The summed E-state index contributed by atoms with van der Waals surface area (Å²) < 4.78 is 0. The first-order valence-electron chi connectivity index (χ1n) is 3.66. The lowest BCUT2D eigenvalue weighted by Crippen LogP contribution is -2.22. The Kier molecular flexibility index (Phi) is 2.76. The summed E-state index contributed by atoms with van der Waals surface area (Å²) in [6.45, 7) is 1.84. The van der Waals surface area contributed by atoms with Crippen molar-refractivity contribution in [3.63, 3.8) is 0 Å². The van der Waals surface area contributed by atoms with E-state index in [1.165, 1.54) is 0 Å². The monoisotopic (exact) mass is 165 g/mol. The molecule has 0 spiro atoms. The summed E-state index contributed by atoms with van der Waals surface area (Å²) >= 11 is 0. The number of aryl methyl sites for hydroxylation is 1. The highest BCUT2D eigenvalue weighted by atomic mass is 16.1. The van der Waals surface area contributed by atoms with Gasteiger partial charge in [-0.05, 0) is 19.1 Å². The van der Waals surface area contributed by atoms with E-state index in [0.717, 1.165) is 5.69 Å². The number of aromatic nitrogens is 1. The molecule has 1 amide bonds. The van der Waals surface area contributed by atoms with E-state index >= 15 is 0 Å². The summed E-state index contributed by atoms with van der Waals surface area (Å²) in [5.41, 5.74) is 5.98. The minimum Gasteiger partial charge on any atom is -0.322 e. The summed E-state index contributed by atoms with van der Waals surface area (Å²) in [4.78, 5) is 14.9. The predicted molar refractivity (Wildman–Crippen MR) is 46.7 cm³/mol. The molecule has 0 atom stereocenters. The lowest BCUT2D eigenvalue weighted by Gasteiger charge is -2.01. The van der Waals surface area contributed by atoms with Gasteiger partial charge in [-0.25, -0.2) is 4.98 Å². The largest absolute Gasteiger partial charge is 0.322 e. The molecule has 12 heavy (non-hydrogen) atoms. The first-order chi connectivity index (χ1) is 5.72. The number of nitrogens with two attached hydrogens (primary N) is 1. The molecular weight excluding hydrogens is 154 g/mol. The minimum atomic E-state index is -0.229. The van der Waals surface area contributed by atoms with E-state index in [0.29, 0.717) is 5.82 Å². The molecule has 3 N–H and O–H groups in total. The van der Waals surface area contributed by atoms with E-state index in [9.17, 15) is 4.79 Å². The quantitative estimate of drug-likeness (QED) is 0.661. The fraction of sp³-hybridized carbons (Fsp3) is 0.250. The van der Waals surface area contributed by atoms with Gasteiger partial charge in [-0.2, -0.15) is 0 Å². The maximum Gasteiger partial charge on any atom is 0.239 e. The molecule has 0 saturated heterocycles. The second-order valence-electron chi connectivity index (χ2n) is 2.42. The van der Waals surface area contributed by atoms with E-state index in [1.54, 1.807) is 6.07 Å². The van der Waals surface area contributed by atoms with E-state index in [2.05, 4.69) is 10.3 Å². The lowest BCUT2D eigenvalue weighted by atomic mass is 10.4. The van der Waals surface area contributed by atoms with Crippen molar-refractivity contribution in [3.8, 4) is 0 Å². The normalized spacial score (nSPS) is 9.50. The number of hydrogen-bond acceptors (Lipinski definition) is 3. The van der Waals surface area contributed by atoms with Crippen LogP contribution >= 0.6 is 0 Å². The summed E-state index contributed by atoms with van der Waals surface area (Å²) in [5.74, 6) is 0.318. The predicted octanol–water partition coefficient (Wildman–Crippen LogP) is 0.287. The fourth-order valence-electron chi connectivity index (χ4n) is 0.807. The number of nitrogens with zero attached hydrogens (tertiary/aromatic N) is 1. The smallest absolute Gasteiger partial charge is 0.239 e. The van der Waals surface area contributed by atoms with Crippen LogP contribution in [-0.2, 0) is 4.79 Å². The third-order valence-electron chi connectivity index (χ3n) is 1.34. The van der Waals surface area contributed by atoms with Crippen LogP contribution in [0.2, 0.25) is 0 Å². The van der Waals surface area contributed by atoms with Gasteiger partial charge in [0.1, 0.15) is 5.82 Å². The fourth-order valence-corrected chi connectivity index (χ4v) is 0.807. The van der Waals surface area contributed by atoms with Gasteiger partial charge in [-0.15, -0.1) is 0 Å². The number of amides is 1. The molecule has 4 nitrogen and oxygen atoms in total. The van der Waals surface area contributed by atoms with Crippen molar-refractivity contribution < 1.29 is 4.79 Å². The molecule has 1 heterocycles. The molecule has 0 radical (unpaired) electrons. The van der Waals surface area contributed by atoms with Crippen molar-refractivity contribution in [2.75, 3.05) is 11.9 Å². The molecule has 0 bridgehead atoms. The van der Waals surface area contributed by atoms with Crippen molar-refractivity contribution >= 4 is 11.7 Å². The van der Waals surface area contributed by atoms with Crippen LogP contribution in [0.4, 0.5) is 5.82 Å². The molecule has 0 saturated carbocycles. The maximum absolute atomic E-state index is 10.8. The van der Waals surface area contributed by atoms with Crippen LogP contribution in [0.15, 0.2) is 18.2 Å². The van der Waals surface area contributed by atoms with Crippen LogP contribution in [0.5, 0.6) is 0 Å². The molecule has 64 valence electrons. The van der Waals surface area contributed by atoms with Crippen molar-refractivity contribution in [3.05, 3.63) is 23.9 Å². The Morgan fingerprint density at radius 2 is 2.42 bits per heavy atom. The van der Waals surface area contributed by atoms with Gasteiger partial charge in [-0.3, -0.25) is 4.79 Å². The van der Waals surface area contributed by atoms with Crippen LogP contribution in [0.3, 0.4) is 0 Å². The first-order valence-corrected chi connectivity index (χ1v) is 3.66. The lowest BCUT2D eigenvalue weighted by molar-refractivity contribution is -0.114.